The molecule has 0 bridgehead atoms. The van der Waals surface area contributed by atoms with Crippen molar-refractivity contribution >= 4 is 22.2 Å². The Hall–Kier alpha value is -2.70. The quantitative estimate of drug-likeness (QED) is 0.388. The molecule has 144 valence electrons. The molecule has 0 aliphatic carbocycles. The third-order valence-corrected chi connectivity index (χ3v) is 5.01. The number of carbonyl (C=O) groups is 1. The highest BCUT2D eigenvalue weighted by Crippen LogP contribution is 2.43. The lowest BCUT2D eigenvalue weighted by Gasteiger charge is -2.19. The summed E-state index contributed by atoms with van der Waals surface area (Å²) in [6.07, 6.45) is 0.440. The highest BCUT2D eigenvalue weighted by atomic mass is 79.9. The van der Waals surface area contributed by atoms with Crippen LogP contribution in [0.15, 0.2) is 53.0 Å². The SMILES string of the molecule is Cc1c(O)c(O)c(C=O)c(COCc2ccccc2)c1-c1ccc(Br)cc1F. The van der Waals surface area contributed by atoms with Crippen molar-refractivity contribution in [3.8, 4) is 22.6 Å². The highest BCUT2D eigenvalue weighted by molar-refractivity contribution is 9.10. The topological polar surface area (TPSA) is 66.8 Å². The van der Waals surface area contributed by atoms with Gasteiger partial charge in [-0.25, -0.2) is 4.39 Å². The molecule has 28 heavy (non-hydrogen) atoms. The molecule has 0 amide bonds. The van der Waals surface area contributed by atoms with E-state index >= 15 is 0 Å². The first-order chi connectivity index (χ1) is 13.4. The molecule has 4 nitrogen and oxygen atoms in total. The molecule has 0 atom stereocenters. The van der Waals surface area contributed by atoms with Gasteiger partial charge in [0.05, 0.1) is 18.8 Å². The molecule has 3 rings (SSSR count). The van der Waals surface area contributed by atoms with Crippen molar-refractivity contribution in [2.45, 2.75) is 20.1 Å². The molecule has 3 aromatic carbocycles. The Bertz CT molecular complexity index is 1020. The van der Waals surface area contributed by atoms with Crippen LogP contribution in [0.25, 0.3) is 11.1 Å². The maximum absolute atomic E-state index is 14.6. The maximum Gasteiger partial charge on any atom is 0.168 e. The number of phenolic OH excluding ortho intramolecular Hbond substituents is 2. The van der Waals surface area contributed by atoms with Gasteiger partial charge in [0.2, 0.25) is 0 Å². The minimum Gasteiger partial charge on any atom is -0.504 e. The number of aromatic hydroxyl groups is 2. The van der Waals surface area contributed by atoms with Crippen LogP contribution < -0.4 is 0 Å². The normalized spacial score (nSPS) is 10.8. The number of phenols is 2. The van der Waals surface area contributed by atoms with Crippen LogP contribution in [-0.2, 0) is 18.0 Å². The summed E-state index contributed by atoms with van der Waals surface area (Å²) in [5.41, 5.74) is 1.94. The molecule has 0 aliphatic heterocycles. The van der Waals surface area contributed by atoms with E-state index in [0.29, 0.717) is 21.9 Å². The fourth-order valence-electron chi connectivity index (χ4n) is 3.11. The zero-order chi connectivity index (χ0) is 20.3. The largest absolute Gasteiger partial charge is 0.504 e. The summed E-state index contributed by atoms with van der Waals surface area (Å²) < 4.78 is 21.0. The Balaban J connectivity index is 2.09. The molecular formula is C22H18BrFO4. The summed E-state index contributed by atoms with van der Waals surface area (Å²) in [5, 5.41) is 20.5. The van der Waals surface area contributed by atoms with Crippen molar-refractivity contribution in [2.24, 2.45) is 0 Å². The lowest BCUT2D eigenvalue weighted by Crippen LogP contribution is -2.05. The van der Waals surface area contributed by atoms with Gasteiger partial charge in [-0.3, -0.25) is 4.79 Å². The van der Waals surface area contributed by atoms with Crippen molar-refractivity contribution in [1.29, 1.82) is 0 Å². The predicted molar refractivity (Wildman–Crippen MR) is 108 cm³/mol. The predicted octanol–water partition coefficient (Wildman–Crippen LogP) is 5.50. The van der Waals surface area contributed by atoms with Gasteiger partial charge in [-0.15, -0.1) is 0 Å². The fourth-order valence-corrected chi connectivity index (χ4v) is 3.44. The second kappa shape index (κ2) is 8.54. The number of carbonyl (C=O) groups excluding carboxylic acids is 1. The Morgan fingerprint density at radius 1 is 1.07 bits per heavy atom. The number of hydrogen-bond acceptors (Lipinski definition) is 4. The monoisotopic (exact) mass is 444 g/mol. The summed E-state index contributed by atoms with van der Waals surface area (Å²) >= 11 is 3.22. The standard InChI is InChI=1S/C22H18BrFO4/c1-13-20(16-8-7-15(23)9-19(16)24)18(17(10-25)22(27)21(13)26)12-28-11-14-5-3-2-4-6-14/h2-10,26-27H,11-12H2,1H3. The van der Waals surface area contributed by atoms with E-state index in [2.05, 4.69) is 15.9 Å². The molecule has 3 aromatic rings. The van der Waals surface area contributed by atoms with Crippen molar-refractivity contribution in [2.75, 3.05) is 0 Å². The van der Waals surface area contributed by atoms with Crippen molar-refractivity contribution in [1.82, 2.24) is 0 Å². The van der Waals surface area contributed by atoms with E-state index in [1.54, 1.807) is 19.1 Å². The van der Waals surface area contributed by atoms with Crippen molar-refractivity contribution < 1.29 is 24.1 Å². The lowest BCUT2D eigenvalue weighted by molar-refractivity contribution is 0.103. The Kier molecular flexibility index (Phi) is 6.11. The minimum absolute atomic E-state index is 0.0392. The van der Waals surface area contributed by atoms with E-state index in [-0.39, 0.29) is 29.9 Å². The first kappa shape index (κ1) is 20.0. The van der Waals surface area contributed by atoms with Gasteiger partial charge in [-0.2, -0.15) is 0 Å². The van der Waals surface area contributed by atoms with Crippen LogP contribution in [-0.4, -0.2) is 16.5 Å². The molecule has 0 saturated heterocycles. The molecule has 0 aliphatic rings. The smallest absolute Gasteiger partial charge is 0.168 e. The third kappa shape index (κ3) is 3.93. The average molecular weight is 445 g/mol. The van der Waals surface area contributed by atoms with Gasteiger partial charge < -0.3 is 14.9 Å². The van der Waals surface area contributed by atoms with E-state index in [4.69, 9.17) is 4.74 Å². The first-order valence-electron chi connectivity index (χ1n) is 8.53. The Morgan fingerprint density at radius 2 is 1.79 bits per heavy atom. The van der Waals surface area contributed by atoms with Gasteiger partial charge in [0, 0.05) is 21.2 Å². The van der Waals surface area contributed by atoms with Crippen molar-refractivity contribution in [3.05, 3.63) is 81.1 Å². The number of aldehydes is 1. The maximum atomic E-state index is 14.6. The fraction of sp³-hybridized carbons (Fsp3) is 0.136. The van der Waals surface area contributed by atoms with Gasteiger partial charge >= 0.3 is 0 Å². The molecule has 0 radical (unpaired) electrons. The Morgan fingerprint density at radius 3 is 2.43 bits per heavy atom. The second-order valence-electron chi connectivity index (χ2n) is 6.31. The van der Waals surface area contributed by atoms with E-state index in [1.165, 1.54) is 6.07 Å². The van der Waals surface area contributed by atoms with Gasteiger partial charge in [-0.05, 0) is 30.2 Å². The lowest BCUT2D eigenvalue weighted by atomic mass is 9.90. The minimum atomic E-state index is -0.535. The second-order valence-corrected chi connectivity index (χ2v) is 7.23. The van der Waals surface area contributed by atoms with Crippen LogP contribution in [0.3, 0.4) is 0 Å². The summed E-state index contributed by atoms with van der Waals surface area (Å²) in [7, 11) is 0. The van der Waals surface area contributed by atoms with E-state index in [9.17, 15) is 19.4 Å². The zero-order valence-corrected chi connectivity index (χ0v) is 16.7. The number of halogens is 2. The highest BCUT2D eigenvalue weighted by Gasteiger charge is 2.24. The molecule has 2 N–H and O–H groups in total. The zero-order valence-electron chi connectivity index (χ0n) is 15.1. The molecule has 0 aromatic heterocycles. The van der Waals surface area contributed by atoms with Gasteiger partial charge in [0.25, 0.3) is 0 Å². The van der Waals surface area contributed by atoms with Crippen LogP contribution in [0.2, 0.25) is 0 Å². The van der Waals surface area contributed by atoms with Crippen LogP contribution in [0, 0.1) is 12.7 Å². The van der Waals surface area contributed by atoms with Crippen LogP contribution in [0.4, 0.5) is 4.39 Å². The third-order valence-electron chi connectivity index (χ3n) is 4.51. The van der Waals surface area contributed by atoms with Crippen LogP contribution in [0.1, 0.15) is 27.0 Å². The van der Waals surface area contributed by atoms with E-state index < -0.39 is 17.3 Å². The molecule has 0 heterocycles. The molecule has 6 heteroatoms. The van der Waals surface area contributed by atoms with Gasteiger partial charge in [0.1, 0.15) is 5.82 Å². The summed E-state index contributed by atoms with van der Waals surface area (Å²) in [6, 6.07) is 14.0. The Labute approximate surface area is 170 Å². The van der Waals surface area contributed by atoms with Gasteiger partial charge in [-0.1, -0.05) is 52.3 Å². The number of ether oxygens (including phenoxy) is 1. The van der Waals surface area contributed by atoms with E-state index in [0.717, 1.165) is 5.56 Å². The van der Waals surface area contributed by atoms with Crippen LogP contribution in [0.5, 0.6) is 11.5 Å². The molecule has 0 fully saturated rings. The first-order valence-corrected chi connectivity index (χ1v) is 9.33. The molecular weight excluding hydrogens is 427 g/mol. The number of hydrogen-bond donors (Lipinski definition) is 2. The summed E-state index contributed by atoms with van der Waals surface area (Å²) in [5.74, 6) is -1.51. The molecule has 0 spiro atoms. The number of rotatable bonds is 6. The average Bonchev–Trinajstić information content (AvgIpc) is 2.68. The number of benzene rings is 3. The van der Waals surface area contributed by atoms with Gasteiger partial charge in [0.15, 0.2) is 17.8 Å². The summed E-state index contributed by atoms with van der Waals surface area (Å²) in [6.45, 7) is 1.80. The summed E-state index contributed by atoms with van der Waals surface area (Å²) in [4.78, 5) is 11.6. The van der Waals surface area contributed by atoms with E-state index in [1.807, 2.05) is 30.3 Å². The molecule has 0 unspecified atom stereocenters. The van der Waals surface area contributed by atoms with Crippen molar-refractivity contribution in [3.63, 3.8) is 0 Å². The van der Waals surface area contributed by atoms with Crippen LogP contribution >= 0.6 is 15.9 Å². The molecule has 0 saturated carbocycles.